The number of piperidine rings is 1. The van der Waals surface area contributed by atoms with E-state index in [1.54, 1.807) is 6.20 Å². The summed E-state index contributed by atoms with van der Waals surface area (Å²) in [6.45, 7) is -2.36. The van der Waals surface area contributed by atoms with Gasteiger partial charge in [0.15, 0.2) is 10.8 Å². The average Bonchev–Trinajstić information content (AvgIpc) is 3.27. The molecule has 26 heavy (non-hydrogen) atoms. The lowest BCUT2D eigenvalue weighted by Crippen LogP contribution is -2.38. The van der Waals surface area contributed by atoms with Gasteiger partial charge in [-0.3, -0.25) is 4.68 Å². The largest absolute Gasteiger partial charge is 0.273 e. The van der Waals surface area contributed by atoms with Crippen molar-refractivity contribution in [2.45, 2.75) is 23.7 Å². The first-order valence-corrected chi connectivity index (χ1v) is 9.64. The molecule has 0 radical (unpaired) electrons. The molecule has 0 unspecified atom stereocenters. The number of aromatic nitrogens is 5. The van der Waals surface area contributed by atoms with Gasteiger partial charge in [-0.15, -0.1) is 0 Å². The van der Waals surface area contributed by atoms with Crippen LogP contribution in [0.25, 0.3) is 5.65 Å². The molecule has 0 atom stereocenters. The van der Waals surface area contributed by atoms with Crippen molar-refractivity contribution in [1.29, 1.82) is 0 Å². The molecule has 1 fully saturated rings. The van der Waals surface area contributed by atoms with E-state index in [1.165, 1.54) is 21.2 Å². The van der Waals surface area contributed by atoms with Crippen LogP contribution >= 0.6 is 11.6 Å². The van der Waals surface area contributed by atoms with Gasteiger partial charge in [0, 0.05) is 48.2 Å². The van der Waals surface area contributed by atoms with Crippen molar-refractivity contribution in [2.24, 2.45) is 6.98 Å². The van der Waals surface area contributed by atoms with Crippen LogP contribution in [0.2, 0.25) is 5.15 Å². The van der Waals surface area contributed by atoms with Crippen molar-refractivity contribution in [2.75, 3.05) is 13.1 Å². The van der Waals surface area contributed by atoms with Crippen LogP contribution in [0.1, 0.15) is 28.4 Å². The molecule has 11 heteroatoms. The van der Waals surface area contributed by atoms with Crippen LogP contribution in [0.15, 0.2) is 29.7 Å². The van der Waals surface area contributed by atoms with Crippen LogP contribution in [0, 0.1) is 5.82 Å². The van der Waals surface area contributed by atoms with Gasteiger partial charge in [-0.1, -0.05) is 11.6 Å². The van der Waals surface area contributed by atoms with Gasteiger partial charge >= 0.3 is 0 Å². The molecule has 0 bridgehead atoms. The van der Waals surface area contributed by atoms with Gasteiger partial charge in [0.05, 0.1) is 0 Å². The van der Waals surface area contributed by atoms with Gasteiger partial charge in [-0.2, -0.15) is 14.5 Å². The number of aryl methyl sites for hydroxylation is 1. The summed E-state index contributed by atoms with van der Waals surface area (Å²) in [6, 6.07) is 1.30. The Hall–Kier alpha value is -2.04. The molecular formula is C15H16ClFN6O2S. The smallest absolute Gasteiger partial charge is 0.247 e. The normalized spacial score (nSPS) is 19.4. The predicted octanol–water partition coefficient (Wildman–Crippen LogP) is 1.82. The molecule has 8 nitrogen and oxygen atoms in total. The van der Waals surface area contributed by atoms with E-state index in [4.69, 9.17) is 15.7 Å². The highest BCUT2D eigenvalue weighted by Crippen LogP contribution is 2.33. The summed E-state index contributed by atoms with van der Waals surface area (Å²) < 4.78 is 65.5. The number of pyridine rings is 1. The molecule has 0 spiro atoms. The maximum atomic E-state index is 14.5. The molecule has 0 aromatic carbocycles. The zero-order valence-corrected chi connectivity index (χ0v) is 15.0. The van der Waals surface area contributed by atoms with Crippen LogP contribution in [-0.2, 0) is 17.0 Å². The third-order valence-corrected chi connectivity index (χ3v) is 6.83. The second-order valence-electron chi connectivity index (χ2n) is 6.05. The van der Waals surface area contributed by atoms with Crippen molar-refractivity contribution >= 4 is 27.3 Å². The molecule has 138 valence electrons. The molecule has 0 N–H and O–H groups in total. The summed E-state index contributed by atoms with van der Waals surface area (Å²) >= 11 is 5.89. The van der Waals surface area contributed by atoms with Crippen molar-refractivity contribution < 1.29 is 16.9 Å². The average molecular weight is 402 g/mol. The second-order valence-corrected chi connectivity index (χ2v) is 8.31. The lowest BCUT2D eigenvalue weighted by molar-refractivity contribution is 0.315. The molecule has 3 aromatic heterocycles. The van der Waals surface area contributed by atoms with Crippen molar-refractivity contribution in [1.82, 2.24) is 28.7 Å². The highest BCUT2D eigenvalue weighted by atomic mass is 35.5. The van der Waals surface area contributed by atoms with E-state index in [9.17, 15) is 12.8 Å². The van der Waals surface area contributed by atoms with Crippen molar-refractivity contribution in [3.8, 4) is 0 Å². The van der Waals surface area contributed by atoms with Crippen LogP contribution in [-0.4, -0.2) is 50.2 Å². The third kappa shape index (κ3) is 2.87. The minimum absolute atomic E-state index is 0.136. The molecule has 0 amide bonds. The number of halogens is 2. The highest BCUT2D eigenvalue weighted by Gasteiger charge is 2.33. The zero-order chi connectivity index (χ0) is 21.0. The molecule has 0 aliphatic carbocycles. The summed E-state index contributed by atoms with van der Waals surface area (Å²) in [7, 11) is -4.03. The summed E-state index contributed by atoms with van der Waals surface area (Å²) in [4.78, 5) is 3.58. The number of rotatable bonds is 3. The topological polar surface area (TPSA) is 85.4 Å². The molecule has 0 saturated carbocycles. The number of sulfonamides is 1. The Morgan fingerprint density at radius 3 is 2.81 bits per heavy atom. The summed E-state index contributed by atoms with van der Waals surface area (Å²) in [5.41, 5.74) is 0.848. The summed E-state index contributed by atoms with van der Waals surface area (Å²) in [5.74, 6) is -0.593. The third-order valence-electron chi connectivity index (χ3n) is 4.54. The number of nitrogens with zero attached hydrogens (tertiary/aromatic N) is 6. The van der Waals surface area contributed by atoms with Gasteiger partial charge in [0.25, 0.3) is 0 Å². The fourth-order valence-corrected chi connectivity index (χ4v) is 5.09. The van der Waals surface area contributed by atoms with Crippen LogP contribution < -0.4 is 0 Å². The van der Waals surface area contributed by atoms with Gasteiger partial charge in [0.1, 0.15) is 17.0 Å². The second kappa shape index (κ2) is 6.29. The predicted molar refractivity (Wildman–Crippen MR) is 91.9 cm³/mol. The lowest BCUT2D eigenvalue weighted by Gasteiger charge is -2.31. The minimum atomic E-state index is -4.03. The maximum Gasteiger partial charge on any atom is 0.247 e. The Kier molecular flexibility index (Phi) is 3.40. The molecule has 1 aliphatic heterocycles. The summed E-state index contributed by atoms with van der Waals surface area (Å²) in [5, 5.41) is 7.20. The Labute approximate surface area is 158 Å². The molecular weight excluding hydrogens is 383 g/mol. The number of fused-ring (bicyclic) bond motifs is 1. The molecule has 4 rings (SSSR count). The molecule has 4 heterocycles. The van der Waals surface area contributed by atoms with E-state index in [0.29, 0.717) is 28.7 Å². The van der Waals surface area contributed by atoms with E-state index in [2.05, 4.69) is 15.2 Å². The van der Waals surface area contributed by atoms with E-state index < -0.39 is 28.0 Å². The monoisotopic (exact) mass is 401 g/mol. The lowest BCUT2D eigenvalue weighted by atomic mass is 9.91. The Bertz CT molecular complexity index is 1170. The van der Waals surface area contributed by atoms with Gasteiger partial charge in [-0.05, 0) is 18.8 Å². The standard InChI is InChI=1S/C15H16ClFN6O2S/c1-21-8-13(15(16)20-21)26(24,25)22-4-2-10(3-5-22)11-7-23-14(6-12(11)17)18-9-19-23/h6-10H,2-5H2,1H3/i1D3. The fourth-order valence-electron chi connectivity index (χ4n) is 3.21. The molecule has 3 aromatic rings. The van der Waals surface area contributed by atoms with Crippen LogP contribution in [0.5, 0.6) is 0 Å². The van der Waals surface area contributed by atoms with Crippen molar-refractivity contribution in [3.63, 3.8) is 0 Å². The first-order chi connectivity index (χ1) is 13.6. The van der Waals surface area contributed by atoms with Crippen LogP contribution in [0.4, 0.5) is 4.39 Å². The molecule has 1 aliphatic rings. The van der Waals surface area contributed by atoms with Crippen LogP contribution in [0.3, 0.4) is 0 Å². The molecule has 1 saturated heterocycles. The SMILES string of the molecule is [2H]C([2H])([2H])n1cc(S(=O)(=O)N2CCC(c3cn4ncnc4cc3F)CC2)c(Cl)n1. The van der Waals surface area contributed by atoms with E-state index in [1.807, 2.05) is 0 Å². The fraction of sp³-hybridized carbons (Fsp3) is 0.400. The first kappa shape index (κ1) is 14.1. The Balaban J connectivity index is 1.54. The minimum Gasteiger partial charge on any atom is -0.273 e. The van der Waals surface area contributed by atoms with Crippen molar-refractivity contribution in [3.05, 3.63) is 41.3 Å². The summed E-state index contributed by atoms with van der Waals surface area (Å²) in [6.07, 6.45) is 4.60. The van der Waals surface area contributed by atoms with Gasteiger partial charge < -0.3 is 0 Å². The van der Waals surface area contributed by atoms with E-state index >= 15 is 0 Å². The number of hydrogen-bond acceptors (Lipinski definition) is 5. The zero-order valence-electron chi connectivity index (χ0n) is 16.4. The Morgan fingerprint density at radius 2 is 2.12 bits per heavy atom. The highest BCUT2D eigenvalue weighted by molar-refractivity contribution is 7.89. The van der Waals surface area contributed by atoms with Gasteiger partial charge in [-0.25, -0.2) is 22.3 Å². The maximum absolute atomic E-state index is 14.5. The van der Waals surface area contributed by atoms with E-state index in [0.717, 1.165) is 6.20 Å². The quantitative estimate of drug-likeness (QED) is 0.668. The first-order valence-electron chi connectivity index (χ1n) is 9.32. The van der Waals surface area contributed by atoms with Gasteiger partial charge in [0.2, 0.25) is 10.0 Å². The van der Waals surface area contributed by atoms with E-state index in [-0.39, 0.29) is 23.9 Å². The number of hydrogen-bond donors (Lipinski definition) is 0. The Morgan fingerprint density at radius 1 is 1.35 bits per heavy atom.